The Morgan fingerprint density at radius 1 is 0.355 bits per heavy atom. The van der Waals surface area contributed by atoms with E-state index < -0.39 is 0 Å². The summed E-state index contributed by atoms with van der Waals surface area (Å²) in [4.78, 5) is 0. The van der Waals surface area contributed by atoms with Gasteiger partial charge in [-0.15, -0.1) is 0 Å². The molecule has 0 saturated heterocycles. The fourth-order valence-corrected chi connectivity index (χ4v) is 5.06. The first-order chi connectivity index (χ1) is 15.2. The fraction of sp³-hybridized carbons (Fsp3) is 1.00. The molecule has 0 nitrogen and oxygen atoms in total. The highest BCUT2D eigenvalue weighted by atomic mass is 14.1. The molecule has 0 spiro atoms. The summed E-state index contributed by atoms with van der Waals surface area (Å²) < 4.78 is 0. The fourth-order valence-electron chi connectivity index (χ4n) is 5.06. The van der Waals surface area contributed by atoms with E-state index in [0.29, 0.717) is 0 Å². The summed E-state index contributed by atoms with van der Waals surface area (Å²) in [6.45, 7) is 9.19. The minimum atomic E-state index is 1.04. The molecule has 31 heavy (non-hydrogen) atoms. The van der Waals surface area contributed by atoms with Gasteiger partial charge in [-0.2, -0.15) is 0 Å². The van der Waals surface area contributed by atoms with Gasteiger partial charge >= 0.3 is 0 Å². The van der Waals surface area contributed by atoms with Crippen molar-refractivity contribution in [3.8, 4) is 0 Å². The van der Waals surface area contributed by atoms with Crippen molar-refractivity contribution in [2.75, 3.05) is 0 Å². The highest BCUT2D eigenvalue weighted by Gasteiger charge is 2.07. The van der Waals surface area contributed by atoms with Gasteiger partial charge in [0, 0.05) is 0 Å². The normalized spacial score (nSPS) is 21.3. The summed E-state index contributed by atoms with van der Waals surface area (Å²) in [5.41, 5.74) is 0. The average molecular weight is 437 g/mol. The maximum Gasteiger partial charge on any atom is -0.0443 e. The molecule has 4 aliphatic carbocycles. The summed E-state index contributed by atoms with van der Waals surface area (Å²) in [6, 6.07) is 0. The monoisotopic (exact) mass is 437 g/mol. The van der Waals surface area contributed by atoms with Crippen molar-refractivity contribution in [3.05, 3.63) is 0 Å². The van der Waals surface area contributed by atoms with Crippen molar-refractivity contribution >= 4 is 0 Å². The topological polar surface area (TPSA) is 0 Å². The van der Waals surface area contributed by atoms with E-state index in [4.69, 9.17) is 0 Å². The Kier molecular flexibility index (Phi) is 26.3. The van der Waals surface area contributed by atoms with E-state index in [1.807, 2.05) is 0 Å². The van der Waals surface area contributed by atoms with E-state index in [2.05, 4.69) is 27.7 Å². The van der Waals surface area contributed by atoms with E-state index >= 15 is 0 Å². The lowest BCUT2D eigenvalue weighted by molar-refractivity contribution is 0.385. The smallest absolute Gasteiger partial charge is 0.0443 e. The lowest BCUT2D eigenvalue weighted by Gasteiger charge is -2.15. The Morgan fingerprint density at radius 3 is 0.742 bits per heavy atom. The Balaban J connectivity index is 0.000000364. The third-order valence-corrected chi connectivity index (χ3v) is 7.49. The molecular formula is C31H64. The van der Waals surface area contributed by atoms with Crippen LogP contribution < -0.4 is 0 Å². The van der Waals surface area contributed by atoms with E-state index in [-0.39, 0.29) is 0 Å². The number of unbranched alkanes of at least 4 members (excludes halogenated alkanes) is 4. The van der Waals surface area contributed by atoms with E-state index in [9.17, 15) is 0 Å². The van der Waals surface area contributed by atoms with Gasteiger partial charge in [0.2, 0.25) is 0 Å². The van der Waals surface area contributed by atoms with Crippen LogP contribution in [0.3, 0.4) is 0 Å². The zero-order chi connectivity index (χ0) is 22.8. The van der Waals surface area contributed by atoms with E-state index in [0.717, 1.165) is 11.8 Å². The van der Waals surface area contributed by atoms with Crippen LogP contribution in [0, 0.1) is 11.8 Å². The molecule has 4 fully saturated rings. The molecule has 188 valence electrons. The Morgan fingerprint density at radius 2 is 0.581 bits per heavy atom. The van der Waals surface area contributed by atoms with Crippen molar-refractivity contribution in [2.24, 2.45) is 11.8 Å². The molecular weight excluding hydrogens is 372 g/mol. The lowest BCUT2D eigenvalue weighted by Crippen LogP contribution is -1.99. The molecule has 0 N–H and O–H groups in total. The van der Waals surface area contributed by atoms with Crippen molar-refractivity contribution in [3.63, 3.8) is 0 Å². The second-order valence-electron chi connectivity index (χ2n) is 11.1. The molecule has 0 unspecified atom stereocenters. The Hall–Kier alpha value is 0. The number of rotatable bonds is 4. The number of hydrogen-bond donors (Lipinski definition) is 0. The first kappa shape index (κ1) is 31.0. The first-order valence-corrected chi connectivity index (χ1v) is 15.2. The highest BCUT2D eigenvalue weighted by molar-refractivity contribution is 4.61. The third-order valence-electron chi connectivity index (χ3n) is 7.49. The van der Waals surface area contributed by atoms with Crippen molar-refractivity contribution in [2.45, 2.75) is 188 Å². The molecule has 0 heterocycles. The van der Waals surface area contributed by atoms with Gasteiger partial charge in [-0.3, -0.25) is 0 Å². The maximum atomic E-state index is 2.36. The molecule has 0 heteroatoms. The molecule has 0 aromatic carbocycles. The highest BCUT2D eigenvalue weighted by Crippen LogP contribution is 2.23. The number of hydrogen-bond acceptors (Lipinski definition) is 0. The van der Waals surface area contributed by atoms with Gasteiger partial charge in [0.1, 0.15) is 0 Å². The van der Waals surface area contributed by atoms with Gasteiger partial charge in [-0.05, 0) is 11.8 Å². The molecule has 4 rings (SSSR count). The van der Waals surface area contributed by atoms with Gasteiger partial charge in [0.25, 0.3) is 0 Å². The quantitative estimate of drug-likeness (QED) is 0.384. The van der Waals surface area contributed by atoms with Crippen LogP contribution in [-0.2, 0) is 0 Å². The van der Waals surface area contributed by atoms with Gasteiger partial charge < -0.3 is 0 Å². The van der Waals surface area contributed by atoms with Crippen LogP contribution in [0.2, 0.25) is 0 Å². The minimum absolute atomic E-state index is 1.04. The molecule has 0 radical (unpaired) electrons. The van der Waals surface area contributed by atoms with Gasteiger partial charge in [0.15, 0.2) is 0 Å². The van der Waals surface area contributed by atoms with Crippen molar-refractivity contribution in [1.82, 2.24) is 0 Å². The molecule has 4 saturated carbocycles. The van der Waals surface area contributed by atoms with Gasteiger partial charge in [-0.1, -0.05) is 188 Å². The average Bonchev–Trinajstić information content (AvgIpc) is 3.54. The molecule has 0 atom stereocenters. The van der Waals surface area contributed by atoms with Crippen LogP contribution in [0.1, 0.15) is 188 Å². The van der Waals surface area contributed by atoms with Gasteiger partial charge in [-0.25, -0.2) is 0 Å². The first-order valence-electron chi connectivity index (χ1n) is 15.2. The minimum Gasteiger partial charge on any atom is -0.0654 e. The third kappa shape index (κ3) is 26.1. The molecule has 0 aromatic heterocycles. The Labute approximate surface area is 200 Å². The second-order valence-corrected chi connectivity index (χ2v) is 11.1. The maximum absolute atomic E-state index is 2.36. The van der Waals surface area contributed by atoms with Crippen LogP contribution in [0.15, 0.2) is 0 Å². The Bertz CT molecular complexity index is 264. The van der Waals surface area contributed by atoms with Crippen molar-refractivity contribution < 1.29 is 0 Å². The van der Waals surface area contributed by atoms with E-state index in [1.165, 1.54) is 161 Å². The summed E-state index contributed by atoms with van der Waals surface area (Å²) in [6.07, 6.45) is 36.9. The van der Waals surface area contributed by atoms with Crippen LogP contribution in [0.4, 0.5) is 0 Å². The summed E-state index contributed by atoms with van der Waals surface area (Å²) in [7, 11) is 0. The van der Waals surface area contributed by atoms with Gasteiger partial charge in [0.05, 0.1) is 0 Å². The molecule has 0 aliphatic heterocycles. The van der Waals surface area contributed by atoms with Crippen LogP contribution in [0.25, 0.3) is 0 Å². The summed E-state index contributed by atoms with van der Waals surface area (Å²) in [5.74, 6) is 2.08. The molecule has 0 bridgehead atoms. The predicted octanol–water partition coefficient (Wildman–Crippen LogP) is 12.1. The standard InChI is InChI=1S/C7H14.C7H16.2C6H12.C5H10/c1-7-5-3-2-4-6-7;1-3-5-7-6-4-2;1-6-4-2-3-5-6;1-2-4-6-5-3-1;1-2-4-5-3-1/h7H,2-6H2,1H3;3-7H2,1-2H3;6H,2-5H2,1H3;1-6H2;1-5H2. The van der Waals surface area contributed by atoms with Crippen LogP contribution in [0.5, 0.6) is 0 Å². The molecule has 4 aliphatic rings. The van der Waals surface area contributed by atoms with Crippen molar-refractivity contribution in [1.29, 1.82) is 0 Å². The SMILES string of the molecule is C1CCCC1.C1CCCCC1.CC1CCCC1.CC1CCCCC1.CCCCCCC. The summed E-state index contributed by atoms with van der Waals surface area (Å²) >= 11 is 0. The lowest BCUT2D eigenvalue weighted by atomic mass is 9.91. The second kappa shape index (κ2) is 26.3. The van der Waals surface area contributed by atoms with Crippen LogP contribution >= 0.6 is 0 Å². The zero-order valence-electron chi connectivity index (χ0n) is 22.8. The molecule has 0 amide bonds. The molecule has 0 aromatic rings. The zero-order valence-corrected chi connectivity index (χ0v) is 22.8. The summed E-state index contributed by atoms with van der Waals surface area (Å²) in [5, 5.41) is 0. The largest absolute Gasteiger partial charge is 0.0654 e. The predicted molar refractivity (Wildman–Crippen MR) is 145 cm³/mol. The van der Waals surface area contributed by atoms with Crippen LogP contribution in [-0.4, -0.2) is 0 Å². The van der Waals surface area contributed by atoms with E-state index in [1.54, 1.807) is 0 Å².